The highest BCUT2D eigenvalue weighted by Gasteiger charge is 2.28. The van der Waals surface area contributed by atoms with Crippen molar-refractivity contribution < 1.29 is 9.59 Å². The van der Waals surface area contributed by atoms with E-state index in [0.29, 0.717) is 24.4 Å². The van der Waals surface area contributed by atoms with Gasteiger partial charge in [0.2, 0.25) is 11.8 Å². The van der Waals surface area contributed by atoms with E-state index in [9.17, 15) is 9.59 Å². The van der Waals surface area contributed by atoms with Crippen LogP contribution in [0.4, 0.5) is 0 Å². The van der Waals surface area contributed by atoms with Gasteiger partial charge in [-0.3, -0.25) is 9.59 Å². The van der Waals surface area contributed by atoms with Crippen LogP contribution in [0.3, 0.4) is 0 Å². The second kappa shape index (κ2) is 11.3. The van der Waals surface area contributed by atoms with Crippen molar-refractivity contribution in [1.29, 1.82) is 0 Å². The number of nitrogens with one attached hydrogen (secondary N) is 1. The number of rotatable bonds is 8. The first kappa shape index (κ1) is 23.3. The molecule has 0 aromatic heterocycles. The van der Waals surface area contributed by atoms with Gasteiger partial charge in [0, 0.05) is 24.0 Å². The molecule has 2 amide bonds. The molecule has 0 aliphatic heterocycles. The smallest absolute Gasteiger partial charge is 0.242 e. The standard InChI is InChI=1S/C26H33ClN2O2/c1-19-9-8-10-21(17-19)18-29(20(2)26(31)28-23-12-4-3-5-13-23)25(30)16-15-22-11-6-7-14-24(22)27/h6-11,14,17,20,23H,3-5,12-13,15-16,18H2,1-2H3,(H,28,31)/t20-/m1/s1. The lowest BCUT2D eigenvalue weighted by Gasteiger charge is -2.31. The number of benzene rings is 2. The number of halogens is 1. The van der Waals surface area contributed by atoms with Crippen molar-refractivity contribution in [2.24, 2.45) is 0 Å². The molecule has 0 radical (unpaired) electrons. The molecule has 0 unspecified atom stereocenters. The molecular weight excluding hydrogens is 408 g/mol. The number of nitrogens with zero attached hydrogens (tertiary/aromatic N) is 1. The Morgan fingerprint density at radius 2 is 1.84 bits per heavy atom. The summed E-state index contributed by atoms with van der Waals surface area (Å²) in [7, 11) is 0. The van der Waals surface area contributed by atoms with Crippen LogP contribution in [0.25, 0.3) is 0 Å². The summed E-state index contributed by atoms with van der Waals surface area (Å²) in [6, 6.07) is 15.4. The molecule has 1 N–H and O–H groups in total. The molecule has 1 atom stereocenters. The maximum absolute atomic E-state index is 13.3. The first-order valence-electron chi connectivity index (χ1n) is 11.3. The second-order valence-corrected chi connectivity index (χ2v) is 9.03. The Kier molecular flexibility index (Phi) is 8.53. The number of aryl methyl sites for hydroxylation is 2. The van der Waals surface area contributed by atoms with Crippen molar-refractivity contribution >= 4 is 23.4 Å². The van der Waals surface area contributed by atoms with Gasteiger partial charge in [0.1, 0.15) is 6.04 Å². The first-order chi connectivity index (χ1) is 14.9. The van der Waals surface area contributed by atoms with Gasteiger partial charge in [0.15, 0.2) is 0 Å². The number of amides is 2. The maximum atomic E-state index is 13.3. The van der Waals surface area contributed by atoms with Crippen LogP contribution in [0.15, 0.2) is 48.5 Å². The number of hydrogen-bond donors (Lipinski definition) is 1. The zero-order valence-electron chi connectivity index (χ0n) is 18.6. The first-order valence-corrected chi connectivity index (χ1v) is 11.7. The van der Waals surface area contributed by atoms with Crippen LogP contribution in [0.5, 0.6) is 0 Å². The third-order valence-electron chi connectivity index (χ3n) is 6.12. The van der Waals surface area contributed by atoms with Gasteiger partial charge in [-0.15, -0.1) is 0 Å². The SMILES string of the molecule is Cc1cccc(CN(C(=O)CCc2ccccc2Cl)[C@H](C)C(=O)NC2CCCCC2)c1. The number of hydrogen-bond acceptors (Lipinski definition) is 2. The summed E-state index contributed by atoms with van der Waals surface area (Å²) >= 11 is 6.27. The molecule has 4 nitrogen and oxygen atoms in total. The minimum absolute atomic E-state index is 0.0345. The highest BCUT2D eigenvalue weighted by atomic mass is 35.5. The highest BCUT2D eigenvalue weighted by Crippen LogP contribution is 2.20. The van der Waals surface area contributed by atoms with Crippen molar-refractivity contribution in [3.05, 3.63) is 70.2 Å². The van der Waals surface area contributed by atoms with Crippen molar-refractivity contribution in [1.82, 2.24) is 10.2 Å². The van der Waals surface area contributed by atoms with Crippen LogP contribution in [0.2, 0.25) is 5.02 Å². The van der Waals surface area contributed by atoms with E-state index in [0.717, 1.165) is 42.4 Å². The Morgan fingerprint density at radius 1 is 1.10 bits per heavy atom. The molecule has 2 aromatic carbocycles. The minimum atomic E-state index is -0.527. The van der Waals surface area contributed by atoms with Crippen molar-refractivity contribution in [3.63, 3.8) is 0 Å². The van der Waals surface area contributed by atoms with Gasteiger partial charge < -0.3 is 10.2 Å². The summed E-state index contributed by atoms with van der Waals surface area (Å²) in [6.45, 7) is 4.29. The van der Waals surface area contributed by atoms with E-state index in [1.165, 1.54) is 6.42 Å². The van der Waals surface area contributed by atoms with Gasteiger partial charge in [-0.05, 0) is 50.3 Å². The molecule has 0 saturated heterocycles. The Bertz CT molecular complexity index is 892. The Labute approximate surface area is 191 Å². The fraction of sp³-hybridized carbons (Fsp3) is 0.462. The van der Waals surface area contributed by atoms with Gasteiger partial charge in [-0.25, -0.2) is 0 Å². The van der Waals surface area contributed by atoms with Crippen molar-refractivity contribution in [2.75, 3.05) is 0 Å². The van der Waals surface area contributed by atoms with Gasteiger partial charge in [-0.2, -0.15) is 0 Å². The average Bonchev–Trinajstić information content (AvgIpc) is 2.77. The predicted molar refractivity (Wildman–Crippen MR) is 126 cm³/mol. The monoisotopic (exact) mass is 440 g/mol. The molecule has 2 aromatic rings. The fourth-order valence-electron chi connectivity index (χ4n) is 4.24. The lowest BCUT2D eigenvalue weighted by Crippen LogP contribution is -2.50. The van der Waals surface area contributed by atoms with E-state index in [1.807, 2.05) is 56.3 Å². The van der Waals surface area contributed by atoms with E-state index in [1.54, 1.807) is 4.90 Å². The van der Waals surface area contributed by atoms with Gasteiger partial charge in [-0.1, -0.05) is 78.9 Å². The zero-order chi connectivity index (χ0) is 22.2. The summed E-state index contributed by atoms with van der Waals surface area (Å²) in [5.41, 5.74) is 3.12. The molecule has 0 heterocycles. The zero-order valence-corrected chi connectivity index (χ0v) is 19.3. The minimum Gasteiger partial charge on any atom is -0.352 e. The summed E-state index contributed by atoms with van der Waals surface area (Å²) in [5.74, 6) is -0.0987. The van der Waals surface area contributed by atoms with E-state index in [-0.39, 0.29) is 17.9 Å². The van der Waals surface area contributed by atoms with Gasteiger partial charge >= 0.3 is 0 Å². The highest BCUT2D eigenvalue weighted by molar-refractivity contribution is 6.31. The van der Waals surface area contributed by atoms with Crippen molar-refractivity contribution in [2.45, 2.75) is 77.4 Å². The summed E-state index contributed by atoms with van der Waals surface area (Å²) < 4.78 is 0. The lowest BCUT2D eigenvalue weighted by molar-refractivity contribution is -0.141. The second-order valence-electron chi connectivity index (χ2n) is 8.62. The largest absolute Gasteiger partial charge is 0.352 e. The molecular formula is C26H33ClN2O2. The average molecular weight is 441 g/mol. The molecule has 0 bridgehead atoms. The number of carbonyl (C=O) groups excluding carboxylic acids is 2. The molecule has 0 spiro atoms. The Balaban J connectivity index is 1.71. The molecule has 1 aliphatic carbocycles. The predicted octanol–water partition coefficient (Wildman–Crippen LogP) is 5.45. The maximum Gasteiger partial charge on any atom is 0.242 e. The number of carbonyl (C=O) groups is 2. The van der Waals surface area contributed by atoms with Crippen LogP contribution in [-0.4, -0.2) is 28.8 Å². The van der Waals surface area contributed by atoms with E-state index in [4.69, 9.17) is 11.6 Å². The third kappa shape index (κ3) is 6.83. The topological polar surface area (TPSA) is 49.4 Å². The summed E-state index contributed by atoms with van der Waals surface area (Å²) in [6.07, 6.45) is 6.47. The molecule has 31 heavy (non-hydrogen) atoms. The van der Waals surface area contributed by atoms with E-state index >= 15 is 0 Å². The van der Waals surface area contributed by atoms with Crippen LogP contribution in [-0.2, 0) is 22.6 Å². The molecule has 1 saturated carbocycles. The Morgan fingerprint density at radius 3 is 2.55 bits per heavy atom. The van der Waals surface area contributed by atoms with Crippen LogP contribution < -0.4 is 5.32 Å². The normalized spacial score (nSPS) is 15.3. The quantitative estimate of drug-likeness (QED) is 0.593. The fourth-order valence-corrected chi connectivity index (χ4v) is 4.48. The Hall–Kier alpha value is -2.33. The molecule has 1 fully saturated rings. The van der Waals surface area contributed by atoms with Crippen LogP contribution in [0.1, 0.15) is 62.1 Å². The van der Waals surface area contributed by atoms with E-state index < -0.39 is 6.04 Å². The summed E-state index contributed by atoms with van der Waals surface area (Å²) in [4.78, 5) is 28.0. The molecule has 3 rings (SSSR count). The molecule has 1 aliphatic rings. The van der Waals surface area contributed by atoms with E-state index in [2.05, 4.69) is 11.4 Å². The summed E-state index contributed by atoms with van der Waals surface area (Å²) in [5, 5.41) is 3.85. The molecule has 166 valence electrons. The van der Waals surface area contributed by atoms with Crippen LogP contribution in [0, 0.1) is 6.92 Å². The van der Waals surface area contributed by atoms with Gasteiger partial charge in [0.25, 0.3) is 0 Å². The molecule has 5 heteroatoms. The lowest BCUT2D eigenvalue weighted by atomic mass is 9.95. The van der Waals surface area contributed by atoms with Crippen molar-refractivity contribution in [3.8, 4) is 0 Å². The van der Waals surface area contributed by atoms with Gasteiger partial charge in [0.05, 0.1) is 0 Å². The third-order valence-corrected chi connectivity index (χ3v) is 6.49. The van der Waals surface area contributed by atoms with Crippen LogP contribution >= 0.6 is 11.6 Å².